The van der Waals surface area contributed by atoms with Crippen LogP contribution in [0.2, 0.25) is 5.02 Å². The number of carbonyl (C=O) groups is 1. The maximum atomic E-state index is 12.2. The summed E-state index contributed by atoms with van der Waals surface area (Å²) in [4.78, 5) is 17.1. The van der Waals surface area contributed by atoms with Crippen LogP contribution in [0.3, 0.4) is 0 Å². The predicted molar refractivity (Wildman–Crippen MR) is 142 cm³/mol. The maximum Gasteiger partial charge on any atom is 0.224 e. The quantitative estimate of drug-likeness (QED) is 0.243. The lowest BCUT2D eigenvalue weighted by Crippen LogP contribution is -2.26. The van der Waals surface area contributed by atoms with Crippen LogP contribution in [-0.2, 0) is 24.2 Å². The number of carbonyl (C=O) groups excluding carboxylic acids is 1. The number of hydrogen-bond donors (Lipinski definition) is 1. The number of nitrogens with one attached hydrogen (secondary N) is 1. The zero-order valence-corrected chi connectivity index (χ0v) is 20.9. The number of para-hydroxylation sites is 2. The van der Waals surface area contributed by atoms with Crippen molar-refractivity contribution in [2.45, 2.75) is 45.6 Å². The highest BCUT2D eigenvalue weighted by atomic mass is 35.5. The molecule has 1 N–H and O–H groups in total. The van der Waals surface area contributed by atoms with Crippen LogP contribution in [0, 0.1) is 6.92 Å². The third kappa shape index (κ3) is 7.09. The topological polar surface area (TPSA) is 56.1 Å². The van der Waals surface area contributed by atoms with Crippen LogP contribution in [0.25, 0.3) is 11.0 Å². The number of unbranched alkanes of at least 4 members (excludes halogenated alkanes) is 1. The fourth-order valence-corrected chi connectivity index (χ4v) is 4.27. The minimum absolute atomic E-state index is 0.0561. The van der Waals surface area contributed by atoms with Crippen LogP contribution in [-0.4, -0.2) is 28.6 Å². The van der Waals surface area contributed by atoms with E-state index in [1.807, 2.05) is 61.5 Å². The van der Waals surface area contributed by atoms with Crippen molar-refractivity contribution in [3.8, 4) is 5.75 Å². The first kappa shape index (κ1) is 24.8. The number of ether oxygens (including phenoxy) is 1. The van der Waals surface area contributed by atoms with Crippen molar-refractivity contribution in [1.29, 1.82) is 0 Å². The van der Waals surface area contributed by atoms with Crippen molar-refractivity contribution in [3.05, 3.63) is 94.8 Å². The Morgan fingerprint density at radius 1 is 1.00 bits per heavy atom. The molecule has 4 rings (SSSR count). The molecule has 0 unspecified atom stereocenters. The smallest absolute Gasteiger partial charge is 0.224 e. The molecule has 6 heteroatoms. The molecule has 1 aromatic heterocycles. The van der Waals surface area contributed by atoms with E-state index in [0.29, 0.717) is 19.6 Å². The Morgan fingerprint density at radius 2 is 1.80 bits per heavy atom. The number of amides is 1. The van der Waals surface area contributed by atoms with Gasteiger partial charge in [0.15, 0.2) is 0 Å². The van der Waals surface area contributed by atoms with Crippen molar-refractivity contribution in [1.82, 2.24) is 14.9 Å². The molecule has 0 spiro atoms. The summed E-state index contributed by atoms with van der Waals surface area (Å²) < 4.78 is 8.21. The second kappa shape index (κ2) is 12.4. The van der Waals surface area contributed by atoms with E-state index in [2.05, 4.69) is 28.1 Å². The summed E-state index contributed by atoms with van der Waals surface area (Å²) in [5, 5.41) is 3.79. The Morgan fingerprint density at radius 3 is 2.63 bits per heavy atom. The third-order valence-electron chi connectivity index (χ3n) is 6.01. The molecule has 4 aromatic rings. The van der Waals surface area contributed by atoms with Gasteiger partial charge in [-0.2, -0.15) is 0 Å². The molecule has 0 aliphatic carbocycles. The second-order valence-electron chi connectivity index (χ2n) is 8.75. The molecule has 0 aliphatic rings. The van der Waals surface area contributed by atoms with E-state index in [0.717, 1.165) is 71.0 Å². The Labute approximate surface area is 212 Å². The first-order chi connectivity index (χ1) is 17.1. The summed E-state index contributed by atoms with van der Waals surface area (Å²) in [5.74, 6) is 1.98. The van der Waals surface area contributed by atoms with Crippen LogP contribution in [0.15, 0.2) is 72.8 Å². The molecule has 0 fully saturated rings. The maximum absolute atomic E-state index is 12.2. The molecule has 0 aliphatic heterocycles. The summed E-state index contributed by atoms with van der Waals surface area (Å²) in [6.45, 7) is 4.18. The molecule has 1 amide bonds. The molecule has 0 saturated carbocycles. The van der Waals surface area contributed by atoms with E-state index in [1.54, 1.807) is 0 Å². The zero-order chi connectivity index (χ0) is 24.5. The average molecular weight is 490 g/mol. The molecule has 5 nitrogen and oxygen atoms in total. The van der Waals surface area contributed by atoms with Gasteiger partial charge in [0.25, 0.3) is 0 Å². The SMILES string of the molecule is Cc1cc(OCCCCn2c(CCCNC(=O)Cc3ccccc3)nc3ccccc32)ccc1Cl. The van der Waals surface area contributed by atoms with Crippen LogP contribution < -0.4 is 10.1 Å². The molecule has 1 heterocycles. The number of halogens is 1. The molecule has 35 heavy (non-hydrogen) atoms. The Kier molecular flexibility index (Phi) is 8.79. The van der Waals surface area contributed by atoms with Gasteiger partial charge in [-0.05, 0) is 67.6 Å². The fourth-order valence-electron chi connectivity index (χ4n) is 4.15. The molecule has 3 aromatic carbocycles. The lowest BCUT2D eigenvalue weighted by Gasteiger charge is -2.11. The van der Waals surface area contributed by atoms with Crippen LogP contribution in [0.4, 0.5) is 0 Å². The molecule has 0 radical (unpaired) electrons. The third-order valence-corrected chi connectivity index (χ3v) is 6.44. The van der Waals surface area contributed by atoms with Gasteiger partial charge in [0.05, 0.1) is 24.1 Å². The summed E-state index contributed by atoms with van der Waals surface area (Å²) in [5.41, 5.74) is 4.23. The van der Waals surface area contributed by atoms with Crippen molar-refractivity contribution < 1.29 is 9.53 Å². The summed E-state index contributed by atoms with van der Waals surface area (Å²) in [6.07, 6.45) is 4.03. The number of rotatable bonds is 12. The van der Waals surface area contributed by atoms with E-state index < -0.39 is 0 Å². The number of hydrogen-bond acceptors (Lipinski definition) is 3. The number of nitrogens with zero attached hydrogens (tertiary/aromatic N) is 2. The number of imidazole rings is 1. The minimum Gasteiger partial charge on any atom is -0.494 e. The number of aryl methyl sites for hydroxylation is 3. The van der Waals surface area contributed by atoms with E-state index >= 15 is 0 Å². The first-order valence-electron chi connectivity index (χ1n) is 12.2. The van der Waals surface area contributed by atoms with E-state index in [9.17, 15) is 4.79 Å². The van der Waals surface area contributed by atoms with Crippen molar-refractivity contribution >= 4 is 28.5 Å². The standard InChI is InChI=1S/C29H32ClN3O2/c1-22-20-24(15-16-25(22)30)35-19-8-7-18-33-27-13-6-5-12-26(27)32-28(33)14-9-17-31-29(34)21-23-10-3-2-4-11-23/h2-6,10-13,15-16,20H,7-9,14,17-19,21H2,1H3,(H,31,34). The first-order valence-corrected chi connectivity index (χ1v) is 12.6. The van der Waals surface area contributed by atoms with Gasteiger partial charge in [-0.3, -0.25) is 4.79 Å². The van der Waals surface area contributed by atoms with E-state index in [4.69, 9.17) is 21.3 Å². The molecule has 182 valence electrons. The molecular formula is C29H32ClN3O2. The van der Waals surface area contributed by atoms with Gasteiger partial charge in [-0.25, -0.2) is 4.98 Å². The summed E-state index contributed by atoms with van der Waals surface area (Å²) in [6, 6.07) is 23.8. The van der Waals surface area contributed by atoms with Crippen LogP contribution >= 0.6 is 11.6 Å². The molecule has 0 atom stereocenters. The van der Waals surface area contributed by atoms with Gasteiger partial charge < -0.3 is 14.6 Å². The van der Waals surface area contributed by atoms with Crippen molar-refractivity contribution in [2.75, 3.05) is 13.2 Å². The van der Waals surface area contributed by atoms with E-state index in [-0.39, 0.29) is 5.91 Å². The lowest BCUT2D eigenvalue weighted by atomic mass is 10.1. The Hall–Kier alpha value is -3.31. The second-order valence-corrected chi connectivity index (χ2v) is 9.16. The Balaban J connectivity index is 1.26. The normalized spacial score (nSPS) is 11.0. The number of fused-ring (bicyclic) bond motifs is 1. The van der Waals surface area contributed by atoms with Gasteiger partial charge in [-0.15, -0.1) is 0 Å². The zero-order valence-electron chi connectivity index (χ0n) is 20.2. The van der Waals surface area contributed by atoms with Crippen LogP contribution in [0.1, 0.15) is 36.2 Å². The van der Waals surface area contributed by atoms with E-state index in [1.165, 1.54) is 0 Å². The van der Waals surface area contributed by atoms with Gasteiger partial charge in [0.1, 0.15) is 11.6 Å². The highest BCUT2D eigenvalue weighted by molar-refractivity contribution is 6.31. The fraction of sp³-hybridized carbons (Fsp3) is 0.310. The van der Waals surface area contributed by atoms with Gasteiger partial charge >= 0.3 is 0 Å². The highest BCUT2D eigenvalue weighted by Gasteiger charge is 2.11. The monoisotopic (exact) mass is 489 g/mol. The van der Waals surface area contributed by atoms with Crippen LogP contribution in [0.5, 0.6) is 5.75 Å². The number of aromatic nitrogens is 2. The van der Waals surface area contributed by atoms with Gasteiger partial charge in [-0.1, -0.05) is 54.1 Å². The highest BCUT2D eigenvalue weighted by Crippen LogP contribution is 2.22. The Bertz CT molecular complexity index is 1250. The minimum atomic E-state index is 0.0561. The molecule has 0 bridgehead atoms. The predicted octanol–water partition coefficient (Wildman–Crippen LogP) is 6.15. The lowest BCUT2D eigenvalue weighted by molar-refractivity contribution is -0.120. The van der Waals surface area contributed by atoms with Gasteiger partial charge in [0, 0.05) is 24.5 Å². The largest absolute Gasteiger partial charge is 0.494 e. The van der Waals surface area contributed by atoms with Crippen molar-refractivity contribution in [2.24, 2.45) is 0 Å². The summed E-state index contributed by atoms with van der Waals surface area (Å²) in [7, 11) is 0. The van der Waals surface area contributed by atoms with Gasteiger partial charge in [0.2, 0.25) is 5.91 Å². The molecule has 0 saturated heterocycles. The number of benzene rings is 3. The molecular weight excluding hydrogens is 458 g/mol. The summed E-state index contributed by atoms with van der Waals surface area (Å²) >= 11 is 6.09. The van der Waals surface area contributed by atoms with Crippen molar-refractivity contribution in [3.63, 3.8) is 0 Å². The average Bonchev–Trinajstić information content (AvgIpc) is 3.22.